The van der Waals surface area contributed by atoms with Crippen molar-refractivity contribution in [2.45, 2.75) is 104 Å². The molecule has 2 heteroatoms. The van der Waals surface area contributed by atoms with Gasteiger partial charge >= 0.3 is 0 Å². The maximum Gasteiger partial charge on any atom is 0.0543 e. The van der Waals surface area contributed by atoms with Gasteiger partial charge in [-0.1, -0.05) is 27.7 Å². The molecule has 2 nitrogen and oxygen atoms in total. The number of rotatable bonds is 2. The summed E-state index contributed by atoms with van der Waals surface area (Å²) in [6.45, 7) is 11.3. The largest absolute Gasteiger partial charge is 0.393 e. The van der Waals surface area contributed by atoms with Crippen LogP contribution in [0.15, 0.2) is 4.99 Å². The summed E-state index contributed by atoms with van der Waals surface area (Å²) in [5.41, 5.74) is 2.62. The van der Waals surface area contributed by atoms with Crippen molar-refractivity contribution in [2.24, 2.45) is 57.2 Å². The number of nitrogens with zero attached hydrogens (tertiary/aromatic N) is 1. The molecule has 5 aliphatic rings. The fraction of sp³-hybridized carbons (Fsp3) is 0.963. The van der Waals surface area contributed by atoms with Gasteiger partial charge in [0.1, 0.15) is 0 Å². The Labute approximate surface area is 179 Å². The lowest BCUT2D eigenvalue weighted by Crippen LogP contribution is -2.54. The second kappa shape index (κ2) is 7.35. The van der Waals surface area contributed by atoms with Crippen LogP contribution in [0.1, 0.15) is 98.3 Å². The van der Waals surface area contributed by atoms with E-state index in [1.165, 1.54) is 57.8 Å². The van der Waals surface area contributed by atoms with Crippen LogP contribution in [0.5, 0.6) is 0 Å². The molecule has 1 N–H and O–H groups in total. The number of aliphatic imine (C=N–C) groups is 1. The Morgan fingerprint density at radius 3 is 2.45 bits per heavy atom. The van der Waals surface area contributed by atoms with Crippen LogP contribution >= 0.6 is 0 Å². The van der Waals surface area contributed by atoms with Gasteiger partial charge in [0.15, 0.2) is 0 Å². The minimum Gasteiger partial charge on any atom is -0.393 e. The van der Waals surface area contributed by atoms with Gasteiger partial charge in [0.2, 0.25) is 0 Å². The minimum absolute atomic E-state index is 0.0193. The van der Waals surface area contributed by atoms with Gasteiger partial charge in [0, 0.05) is 12.3 Å². The molecule has 4 saturated carbocycles. The highest BCUT2D eigenvalue weighted by molar-refractivity contribution is 5.87. The standard InChI is InChI=1S/C27H45NO/c1-17-5-10-25(28-16-17)18(2)22-8-9-23-21-7-6-19-15-20(29)11-13-26(19,3)24(21)12-14-27(22,23)4/h17-24,29H,5-16H2,1-4H3/t17-,18-,19+,20+,21+,22-,23+,24+,26+,27-/m1/s1. The third kappa shape index (κ3) is 3.17. The van der Waals surface area contributed by atoms with E-state index in [1.807, 2.05) is 0 Å². The molecule has 0 radical (unpaired) electrons. The lowest BCUT2D eigenvalue weighted by atomic mass is 9.44. The van der Waals surface area contributed by atoms with Crippen molar-refractivity contribution in [2.75, 3.05) is 6.54 Å². The van der Waals surface area contributed by atoms with Gasteiger partial charge in [-0.2, -0.15) is 0 Å². The van der Waals surface area contributed by atoms with E-state index in [1.54, 1.807) is 5.71 Å². The highest BCUT2D eigenvalue weighted by Gasteiger charge is 2.60. The van der Waals surface area contributed by atoms with Crippen LogP contribution in [0, 0.1) is 52.3 Å². The summed E-state index contributed by atoms with van der Waals surface area (Å²) in [4.78, 5) is 5.07. The number of hydrogen-bond acceptors (Lipinski definition) is 2. The third-order valence-corrected chi connectivity index (χ3v) is 11.3. The molecular weight excluding hydrogens is 354 g/mol. The van der Waals surface area contributed by atoms with Gasteiger partial charge in [0.05, 0.1) is 6.10 Å². The smallest absolute Gasteiger partial charge is 0.0543 e. The van der Waals surface area contributed by atoms with Crippen molar-refractivity contribution in [1.29, 1.82) is 0 Å². The Morgan fingerprint density at radius 2 is 1.69 bits per heavy atom. The molecule has 4 fully saturated rings. The lowest BCUT2D eigenvalue weighted by molar-refractivity contribution is -0.127. The summed E-state index contributed by atoms with van der Waals surface area (Å²) in [5, 5.41) is 10.3. The first-order valence-electron chi connectivity index (χ1n) is 13.0. The van der Waals surface area contributed by atoms with E-state index in [9.17, 15) is 5.11 Å². The Hall–Kier alpha value is -0.370. The molecule has 29 heavy (non-hydrogen) atoms. The van der Waals surface area contributed by atoms with Gasteiger partial charge in [-0.15, -0.1) is 0 Å². The molecule has 0 unspecified atom stereocenters. The van der Waals surface area contributed by atoms with Crippen LogP contribution in [0.2, 0.25) is 0 Å². The van der Waals surface area contributed by atoms with Crippen LogP contribution in [0.25, 0.3) is 0 Å². The second-order valence-corrected chi connectivity index (χ2v) is 12.6. The summed E-state index contributed by atoms with van der Waals surface area (Å²) in [6, 6.07) is 0. The molecule has 0 amide bonds. The van der Waals surface area contributed by atoms with E-state index in [0.29, 0.717) is 16.7 Å². The van der Waals surface area contributed by atoms with E-state index in [0.717, 1.165) is 54.9 Å². The fourth-order valence-corrected chi connectivity index (χ4v) is 9.54. The minimum atomic E-state index is -0.0193. The maximum absolute atomic E-state index is 10.3. The molecule has 0 aromatic rings. The summed E-state index contributed by atoms with van der Waals surface area (Å²) < 4.78 is 0. The molecule has 0 aromatic carbocycles. The number of aliphatic hydroxyl groups is 1. The van der Waals surface area contributed by atoms with Crippen LogP contribution in [-0.4, -0.2) is 23.5 Å². The van der Waals surface area contributed by atoms with Crippen LogP contribution in [0.3, 0.4) is 0 Å². The number of fused-ring (bicyclic) bond motifs is 5. The zero-order valence-corrected chi connectivity index (χ0v) is 19.5. The first-order valence-corrected chi connectivity index (χ1v) is 13.0. The van der Waals surface area contributed by atoms with Gasteiger partial charge in [-0.05, 0) is 123 Å². The molecule has 1 heterocycles. The molecule has 0 aromatic heterocycles. The molecule has 4 aliphatic carbocycles. The zero-order chi connectivity index (χ0) is 20.4. The van der Waals surface area contributed by atoms with Gasteiger partial charge in [-0.25, -0.2) is 0 Å². The Balaban J connectivity index is 1.36. The van der Waals surface area contributed by atoms with Gasteiger partial charge in [0.25, 0.3) is 0 Å². The predicted molar refractivity (Wildman–Crippen MR) is 121 cm³/mol. The van der Waals surface area contributed by atoms with Gasteiger partial charge < -0.3 is 5.11 Å². The molecule has 10 atom stereocenters. The number of hydrogen-bond donors (Lipinski definition) is 1. The average Bonchev–Trinajstić information content (AvgIpc) is 3.06. The van der Waals surface area contributed by atoms with Crippen LogP contribution in [0.4, 0.5) is 0 Å². The van der Waals surface area contributed by atoms with E-state index in [2.05, 4.69) is 27.7 Å². The van der Waals surface area contributed by atoms with Crippen molar-refractivity contribution < 1.29 is 5.11 Å². The summed E-state index contributed by atoms with van der Waals surface area (Å²) in [6.07, 6.45) is 14.6. The lowest BCUT2D eigenvalue weighted by Gasteiger charge is -2.61. The molecular formula is C27H45NO. The SMILES string of the molecule is C[C@@H]1CCC([C@H](C)[C@H]2CC[C@H]3[C@@H]4CC[C@H]5C[C@@H](O)CC[C@]5(C)[C@H]4CC[C@]23C)=NC1. The maximum atomic E-state index is 10.3. The van der Waals surface area contributed by atoms with Gasteiger partial charge in [-0.3, -0.25) is 4.99 Å². The number of aliphatic hydroxyl groups excluding tert-OH is 1. The first-order chi connectivity index (χ1) is 13.8. The molecule has 0 spiro atoms. The van der Waals surface area contributed by atoms with Crippen molar-refractivity contribution in [3.8, 4) is 0 Å². The third-order valence-electron chi connectivity index (χ3n) is 11.3. The van der Waals surface area contributed by atoms with Crippen molar-refractivity contribution in [3.63, 3.8) is 0 Å². The molecule has 5 rings (SSSR count). The zero-order valence-electron chi connectivity index (χ0n) is 19.5. The van der Waals surface area contributed by atoms with E-state index < -0.39 is 0 Å². The second-order valence-electron chi connectivity index (χ2n) is 12.6. The highest BCUT2D eigenvalue weighted by atomic mass is 16.3. The van der Waals surface area contributed by atoms with Crippen molar-refractivity contribution in [1.82, 2.24) is 0 Å². The Bertz CT molecular complexity index is 657. The summed E-state index contributed by atoms with van der Waals surface area (Å²) >= 11 is 0. The van der Waals surface area contributed by atoms with E-state index >= 15 is 0 Å². The topological polar surface area (TPSA) is 32.6 Å². The predicted octanol–water partition coefficient (Wildman–Crippen LogP) is 6.51. The van der Waals surface area contributed by atoms with E-state index in [-0.39, 0.29) is 6.10 Å². The fourth-order valence-electron chi connectivity index (χ4n) is 9.54. The first kappa shape index (κ1) is 20.5. The van der Waals surface area contributed by atoms with Crippen LogP contribution < -0.4 is 0 Å². The normalized spacial score (nSPS) is 53.4. The van der Waals surface area contributed by atoms with E-state index in [4.69, 9.17) is 4.99 Å². The quantitative estimate of drug-likeness (QED) is 0.564. The summed E-state index contributed by atoms with van der Waals surface area (Å²) in [5.74, 6) is 5.96. The van der Waals surface area contributed by atoms with Crippen molar-refractivity contribution in [3.05, 3.63) is 0 Å². The monoisotopic (exact) mass is 399 g/mol. The summed E-state index contributed by atoms with van der Waals surface area (Å²) in [7, 11) is 0. The Kier molecular flexibility index (Phi) is 5.20. The molecule has 164 valence electrons. The average molecular weight is 400 g/mol. The van der Waals surface area contributed by atoms with Crippen LogP contribution in [-0.2, 0) is 0 Å². The molecule has 1 aliphatic heterocycles. The van der Waals surface area contributed by atoms with Crippen molar-refractivity contribution >= 4 is 5.71 Å². The molecule has 0 saturated heterocycles. The Morgan fingerprint density at radius 1 is 0.931 bits per heavy atom. The highest BCUT2D eigenvalue weighted by Crippen LogP contribution is 2.68. The molecule has 0 bridgehead atoms.